The number of aryl methyl sites for hydroxylation is 1. The second kappa shape index (κ2) is 5.47. The molecular weight excluding hydrogens is 290 g/mol. The van der Waals surface area contributed by atoms with Crippen molar-refractivity contribution in [3.05, 3.63) is 41.8 Å². The number of nitrogens with two attached hydrogens (primary N) is 1. The maximum absolute atomic E-state index is 5.84. The standard InChI is InChI=1S/C13H12ClN7/c1-21-7-8(5-17-21)11-4-12(20-15)19-13(18-11)10-3-2-9(14)6-16-10/h2-7H,15H2,1H3,(H,18,19,20). The first-order valence-electron chi connectivity index (χ1n) is 6.12. The molecule has 0 amide bonds. The molecule has 0 aromatic carbocycles. The molecule has 0 saturated heterocycles. The number of halogens is 1. The highest BCUT2D eigenvalue weighted by molar-refractivity contribution is 6.30. The van der Waals surface area contributed by atoms with E-state index in [-0.39, 0.29) is 0 Å². The fraction of sp³-hybridized carbons (Fsp3) is 0.0769. The minimum absolute atomic E-state index is 0.459. The van der Waals surface area contributed by atoms with Crippen LogP contribution in [-0.2, 0) is 7.05 Å². The Labute approximate surface area is 125 Å². The molecule has 0 radical (unpaired) electrons. The monoisotopic (exact) mass is 301 g/mol. The Morgan fingerprint density at radius 1 is 1.19 bits per heavy atom. The normalized spacial score (nSPS) is 10.6. The van der Waals surface area contributed by atoms with Gasteiger partial charge in [-0.3, -0.25) is 9.67 Å². The van der Waals surface area contributed by atoms with E-state index in [2.05, 4.69) is 25.5 Å². The molecule has 3 aromatic heterocycles. The second-order valence-electron chi connectivity index (χ2n) is 4.37. The number of pyridine rings is 1. The Hall–Kier alpha value is -2.51. The lowest BCUT2D eigenvalue weighted by molar-refractivity contribution is 0.768. The zero-order valence-electron chi connectivity index (χ0n) is 11.2. The highest BCUT2D eigenvalue weighted by atomic mass is 35.5. The molecule has 106 valence electrons. The van der Waals surface area contributed by atoms with E-state index in [1.54, 1.807) is 35.3 Å². The van der Waals surface area contributed by atoms with E-state index in [0.717, 1.165) is 5.56 Å². The maximum atomic E-state index is 5.84. The van der Waals surface area contributed by atoms with Crippen molar-refractivity contribution < 1.29 is 0 Å². The van der Waals surface area contributed by atoms with Gasteiger partial charge in [0.25, 0.3) is 0 Å². The van der Waals surface area contributed by atoms with Crippen molar-refractivity contribution in [1.82, 2.24) is 24.7 Å². The molecule has 7 nitrogen and oxygen atoms in total. The zero-order chi connectivity index (χ0) is 14.8. The fourth-order valence-electron chi connectivity index (χ4n) is 1.85. The van der Waals surface area contributed by atoms with Gasteiger partial charge in [-0.15, -0.1) is 0 Å². The molecule has 0 saturated carbocycles. The number of rotatable bonds is 3. The lowest BCUT2D eigenvalue weighted by Crippen LogP contribution is -2.10. The van der Waals surface area contributed by atoms with E-state index in [4.69, 9.17) is 17.4 Å². The molecule has 0 fully saturated rings. The van der Waals surface area contributed by atoms with Crippen LogP contribution in [0.25, 0.3) is 22.8 Å². The lowest BCUT2D eigenvalue weighted by atomic mass is 10.2. The van der Waals surface area contributed by atoms with Crippen LogP contribution in [0.4, 0.5) is 5.82 Å². The molecule has 3 rings (SSSR count). The van der Waals surface area contributed by atoms with Crippen LogP contribution < -0.4 is 11.3 Å². The first-order valence-corrected chi connectivity index (χ1v) is 6.50. The SMILES string of the molecule is Cn1cc(-c2cc(NN)nc(-c3ccc(Cl)cn3)n2)cn1. The molecule has 0 atom stereocenters. The lowest BCUT2D eigenvalue weighted by Gasteiger charge is -2.06. The Balaban J connectivity index is 2.10. The number of aromatic nitrogens is 5. The predicted octanol–water partition coefficient (Wildman–Crippen LogP) is 1.88. The van der Waals surface area contributed by atoms with Crippen LogP contribution in [0.5, 0.6) is 0 Å². The Kier molecular flexibility index (Phi) is 3.51. The molecule has 0 aliphatic heterocycles. The van der Waals surface area contributed by atoms with Crippen molar-refractivity contribution in [3.63, 3.8) is 0 Å². The summed E-state index contributed by atoms with van der Waals surface area (Å²) in [6.45, 7) is 0. The quantitative estimate of drug-likeness (QED) is 0.566. The summed E-state index contributed by atoms with van der Waals surface area (Å²) in [5.41, 5.74) is 4.72. The molecular formula is C13H12ClN7. The summed E-state index contributed by atoms with van der Waals surface area (Å²) >= 11 is 5.84. The van der Waals surface area contributed by atoms with Crippen molar-refractivity contribution in [1.29, 1.82) is 0 Å². The number of nitrogens with one attached hydrogen (secondary N) is 1. The van der Waals surface area contributed by atoms with Crippen LogP contribution in [0.1, 0.15) is 0 Å². The summed E-state index contributed by atoms with van der Waals surface area (Å²) in [5.74, 6) is 6.43. The molecule has 0 bridgehead atoms. The zero-order valence-corrected chi connectivity index (χ0v) is 11.9. The molecule has 0 unspecified atom stereocenters. The third kappa shape index (κ3) is 2.83. The average molecular weight is 302 g/mol. The van der Waals surface area contributed by atoms with Gasteiger partial charge >= 0.3 is 0 Å². The van der Waals surface area contributed by atoms with E-state index < -0.39 is 0 Å². The molecule has 8 heteroatoms. The first-order chi connectivity index (χ1) is 10.2. The van der Waals surface area contributed by atoms with Crippen molar-refractivity contribution in [2.24, 2.45) is 12.9 Å². The number of nitrogen functional groups attached to an aromatic ring is 1. The van der Waals surface area contributed by atoms with Crippen LogP contribution in [-0.4, -0.2) is 24.7 Å². The van der Waals surface area contributed by atoms with E-state index in [1.165, 1.54) is 0 Å². The van der Waals surface area contributed by atoms with Crippen LogP contribution >= 0.6 is 11.6 Å². The number of nitrogens with zero attached hydrogens (tertiary/aromatic N) is 5. The highest BCUT2D eigenvalue weighted by Gasteiger charge is 2.10. The van der Waals surface area contributed by atoms with E-state index in [1.807, 2.05) is 13.2 Å². The Bertz CT molecular complexity index is 766. The van der Waals surface area contributed by atoms with Crippen LogP contribution in [0.2, 0.25) is 5.02 Å². The van der Waals surface area contributed by atoms with Gasteiger partial charge in [0, 0.05) is 31.1 Å². The Morgan fingerprint density at radius 3 is 2.67 bits per heavy atom. The van der Waals surface area contributed by atoms with Gasteiger partial charge < -0.3 is 5.43 Å². The molecule has 3 N–H and O–H groups in total. The fourth-order valence-corrected chi connectivity index (χ4v) is 1.96. The maximum Gasteiger partial charge on any atom is 0.180 e. The van der Waals surface area contributed by atoms with Gasteiger partial charge in [-0.1, -0.05) is 11.6 Å². The van der Waals surface area contributed by atoms with Crippen molar-refractivity contribution in [3.8, 4) is 22.8 Å². The largest absolute Gasteiger partial charge is 0.308 e. The summed E-state index contributed by atoms with van der Waals surface area (Å²) in [6, 6.07) is 5.24. The van der Waals surface area contributed by atoms with E-state index in [0.29, 0.717) is 28.1 Å². The van der Waals surface area contributed by atoms with Gasteiger partial charge in [-0.25, -0.2) is 15.8 Å². The molecule has 3 heterocycles. The number of hydrogen-bond acceptors (Lipinski definition) is 6. The van der Waals surface area contributed by atoms with Gasteiger partial charge in [0.1, 0.15) is 11.5 Å². The third-order valence-corrected chi connectivity index (χ3v) is 3.05. The molecule has 0 aliphatic carbocycles. The van der Waals surface area contributed by atoms with E-state index >= 15 is 0 Å². The predicted molar refractivity (Wildman–Crippen MR) is 80.3 cm³/mol. The van der Waals surface area contributed by atoms with Gasteiger partial charge in [-0.05, 0) is 12.1 Å². The summed E-state index contributed by atoms with van der Waals surface area (Å²) < 4.78 is 1.70. The number of hydrogen-bond donors (Lipinski definition) is 2. The minimum atomic E-state index is 0.459. The van der Waals surface area contributed by atoms with Crippen molar-refractivity contribution in [2.45, 2.75) is 0 Å². The summed E-state index contributed by atoms with van der Waals surface area (Å²) in [7, 11) is 1.84. The van der Waals surface area contributed by atoms with Gasteiger partial charge in [0.15, 0.2) is 5.82 Å². The van der Waals surface area contributed by atoms with E-state index in [9.17, 15) is 0 Å². The first kappa shape index (κ1) is 13.5. The van der Waals surface area contributed by atoms with Crippen LogP contribution in [0.15, 0.2) is 36.8 Å². The Morgan fingerprint density at radius 2 is 2.05 bits per heavy atom. The van der Waals surface area contributed by atoms with Gasteiger partial charge in [0.2, 0.25) is 0 Å². The number of anilines is 1. The molecule has 21 heavy (non-hydrogen) atoms. The smallest absolute Gasteiger partial charge is 0.180 e. The average Bonchev–Trinajstić information content (AvgIpc) is 2.94. The second-order valence-corrected chi connectivity index (χ2v) is 4.81. The van der Waals surface area contributed by atoms with Crippen LogP contribution in [0.3, 0.4) is 0 Å². The summed E-state index contributed by atoms with van der Waals surface area (Å²) in [6.07, 6.45) is 5.13. The van der Waals surface area contributed by atoms with Gasteiger partial charge in [-0.2, -0.15) is 5.10 Å². The third-order valence-electron chi connectivity index (χ3n) is 2.83. The molecule has 3 aromatic rings. The highest BCUT2D eigenvalue weighted by Crippen LogP contribution is 2.23. The topological polar surface area (TPSA) is 94.5 Å². The van der Waals surface area contributed by atoms with Gasteiger partial charge in [0.05, 0.1) is 16.9 Å². The molecule has 0 aliphatic rings. The summed E-state index contributed by atoms with van der Waals surface area (Å²) in [4.78, 5) is 13.0. The van der Waals surface area contributed by atoms with Crippen LogP contribution in [0, 0.1) is 0 Å². The van der Waals surface area contributed by atoms with Crippen molar-refractivity contribution in [2.75, 3.05) is 5.43 Å². The molecule has 0 spiro atoms. The van der Waals surface area contributed by atoms with Crippen molar-refractivity contribution >= 4 is 17.4 Å². The minimum Gasteiger partial charge on any atom is -0.308 e. The number of hydrazine groups is 1. The summed E-state index contributed by atoms with van der Waals surface area (Å²) in [5, 5.41) is 4.69.